The number of carbonyl (C=O) groups excluding carboxylic acids is 2. The molecule has 2 N–H and O–H groups in total. The Morgan fingerprint density at radius 3 is 2.42 bits per heavy atom. The van der Waals surface area contributed by atoms with Gasteiger partial charge < -0.3 is 0 Å². The fourth-order valence-electron chi connectivity index (χ4n) is 2.12. The highest BCUT2D eigenvalue weighted by Gasteiger charge is 2.14. The number of pyridine rings is 1. The van der Waals surface area contributed by atoms with E-state index < -0.39 is 11.8 Å². The Morgan fingerprint density at radius 2 is 1.81 bits per heavy atom. The number of aromatic nitrogens is 1. The molecular formula is C18H17ClN4O2S. The molecule has 0 atom stereocenters. The zero-order valence-corrected chi connectivity index (χ0v) is 16.1. The SMILES string of the molecule is Cc1nc(SCC(=O)NNC(=O)c2ccc(Cl)cc2)c(C#N)c(C)c1C. The van der Waals surface area contributed by atoms with Gasteiger partial charge in [-0.25, -0.2) is 4.98 Å². The Morgan fingerprint density at radius 1 is 1.15 bits per heavy atom. The largest absolute Gasteiger partial charge is 0.272 e. The Kier molecular flexibility index (Phi) is 6.61. The van der Waals surface area contributed by atoms with Gasteiger partial charge in [-0.15, -0.1) is 0 Å². The van der Waals surface area contributed by atoms with Crippen molar-refractivity contribution >= 4 is 35.2 Å². The molecule has 134 valence electrons. The highest BCUT2D eigenvalue weighted by Crippen LogP contribution is 2.26. The Hall–Kier alpha value is -2.56. The number of hydrogen-bond acceptors (Lipinski definition) is 5. The number of nitriles is 1. The van der Waals surface area contributed by atoms with Crippen molar-refractivity contribution in [3.05, 3.63) is 57.2 Å². The molecule has 0 aliphatic heterocycles. The van der Waals surface area contributed by atoms with Gasteiger partial charge in [0.1, 0.15) is 11.1 Å². The summed E-state index contributed by atoms with van der Waals surface area (Å²) >= 11 is 6.92. The molecule has 0 aliphatic rings. The maximum Gasteiger partial charge on any atom is 0.269 e. The third kappa shape index (κ3) is 4.75. The molecule has 8 heteroatoms. The topological polar surface area (TPSA) is 94.9 Å². The van der Waals surface area contributed by atoms with Gasteiger partial charge in [0.25, 0.3) is 5.91 Å². The number of nitrogens with one attached hydrogen (secondary N) is 2. The number of hydrogen-bond donors (Lipinski definition) is 2. The second-order valence-corrected chi connectivity index (χ2v) is 6.94. The molecule has 6 nitrogen and oxygen atoms in total. The minimum Gasteiger partial charge on any atom is -0.272 e. The molecule has 0 saturated carbocycles. The first-order valence-corrected chi connectivity index (χ1v) is 9.05. The lowest BCUT2D eigenvalue weighted by Gasteiger charge is -2.11. The van der Waals surface area contributed by atoms with Crippen LogP contribution in [0.3, 0.4) is 0 Å². The van der Waals surface area contributed by atoms with E-state index in [4.69, 9.17) is 11.6 Å². The van der Waals surface area contributed by atoms with Crippen LogP contribution in [0.15, 0.2) is 29.3 Å². The molecule has 2 amide bonds. The molecule has 1 heterocycles. The molecule has 0 saturated heterocycles. The van der Waals surface area contributed by atoms with Crippen LogP contribution >= 0.6 is 23.4 Å². The predicted octanol–water partition coefficient (Wildman–Crippen LogP) is 3.09. The first kappa shape index (κ1) is 19.8. The fourth-order valence-corrected chi connectivity index (χ4v) is 3.13. The van der Waals surface area contributed by atoms with Gasteiger partial charge in [-0.2, -0.15) is 5.26 Å². The molecular weight excluding hydrogens is 372 g/mol. The smallest absolute Gasteiger partial charge is 0.269 e. The van der Waals surface area contributed by atoms with Gasteiger partial charge in [0.05, 0.1) is 11.3 Å². The zero-order valence-electron chi connectivity index (χ0n) is 14.5. The summed E-state index contributed by atoms with van der Waals surface area (Å²) < 4.78 is 0. The van der Waals surface area contributed by atoms with Gasteiger partial charge >= 0.3 is 0 Å². The molecule has 1 aromatic heterocycles. The van der Waals surface area contributed by atoms with Crippen LogP contribution < -0.4 is 10.9 Å². The summed E-state index contributed by atoms with van der Waals surface area (Å²) in [6.07, 6.45) is 0. The lowest BCUT2D eigenvalue weighted by Crippen LogP contribution is -2.42. The van der Waals surface area contributed by atoms with Crippen LogP contribution in [0.2, 0.25) is 5.02 Å². The van der Waals surface area contributed by atoms with Crippen molar-refractivity contribution in [1.29, 1.82) is 5.26 Å². The van der Waals surface area contributed by atoms with E-state index in [1.54, 1.807) is 24.3 Å². The van der Waals surface area contributed by atoms with Gasteiger partial charge in [-0.3, -0.25) is 20.4 Å². The van der Waals surface area contributed by atoms with Gasteiger partial charge in [0.15, 0.2) is 0 Å². The molecule has 26 heavy (non-hydrogen) atoms. The number of aryl methyl sites for hydroxylation is 1. The summed E-state index contributed by atoms with van der Waals surface area (Å²) in [5.41, 5.74) is 8.16. The molecule has 0 spiro atoms. The predicted molar refractivity (Wildman–Crippen MR) is 101 cm³/mol. The van der Waals surface area contributed by atoms with Crippen LogP contribution in [0.1, 0.15) is 32.7 Å². The Balaban J connectivity index is 1.94. The maximum atomic E-state index is 12.0. The van der Waals surface area contributed by atoms with E-state index in [9.17, 15) is 14.9 Å². The van der Waals surface area contributed by atoms with Crippen molar-refractivity contribution < 1.29 is 9.59 Å². The second-order valence-electron chi connectivity index (χ2n) is 5.54. The van der Waals surface area contributed by atoms with Crippen LogP contribution in [0.25, 0.3) is 0 Å². The number of halogens is 1. The maximum absolute atomic E-state index is 12.0. The lowest BCUT2D eigenvalue weighted by molar-refractivity contribution is -0.119. The Bertz CT molecular complexity index is 892. The molecule has 2 aromatic rings. The standard InChI is InChI=1S/C18H17ClN4O2S/c1-10-11(2)15(8-20)18(21-12(10)3)26-9-16(24)22-23-17(25)13-4-6-14(19)7-5-13/h4-7H,9H2,1-3H3,(H,22,24)(H,23,25). The van der Waals surface area contributed by atoms with Crippen LogP contribution in [-0.4, -0.2) is 22.6 Å². The van der Waals surface area contributed by atoms with Crippen molar-refractivity contribution in [2.75, 3.05) is 5.75 Å². The number of benzene rings is 1. The van der Waals surface area contributed by atoms with Crippen LogP contribution in [0.5, 0.6) is 0 Å². The third-order valence-electron chi connectivity index (χ3n) is 3.84. The first-order chi connectivity index (χ1) is 12.3. The van der Waals surface area contributed by atoms with Crippen molar-refractivity contribution in [2.45, 2.75) is 25.8 Å². The molecule has 0 aliphatic carbocycles. The number of amides is 2. The zero-order chi connectivity index (χ0) is 19.3. The molecule has 0 unspecified atom stereocenters. The summed E-state index contributed by atoms with van der Waals surface area (Å²) in [5, 5.41) is 10.4. The molecule has 0 radical (unpaired) electrons. The highest BCUT2D eigenvalue weighted by atomic mass is 35.5. The summed E-state index contributed by atoms with van der Waals surface area (Å²) in [5.74, 6) is -0.832. The van der Waals surface area contributed by atoms with Gasteiger partial charge in [-0.1, -0.05) is 23.4 Å². The van der Waals surface area contributed by atoms with Crippen molar-refractivity contribution in [2.24, 2.45) is 0 Å². The van der Waals surface area contributed by atoms with Gasteiger partial charge in [0, 0.05) is 16.3 Å². The van der Waals surface area contributed by atoms with Crippen molar-refractivity contribution in [1.82, 2.24) is 15.8 Å². The van der Waals surface area contributed by atoms with E-state index >= 15 is 0 Å². The number of carbonyl (C=O) groups is 2. The summed E-state index contributed by atoms with van der Waals surface area (Å²) in [4.78, 5) is 28.3. The van der Waals surface area contributed by atoms with Crippen LogP contribution in [0.4, 0.5) is 0 Å². The second kappa shape index (κ2) is 8.70. The highest BCUT2D eigenvalue weighted by molar-refractivity contribution is 8.00. The third-order valence-corrected chi connectivity index (χ3v) is 5.06. The van der Waals surface area contributed by atoms with E-state index in [-0.39, 0.29) is 5.75 Å². The number of nitrogens with zero attached hydrogens (tertiary/aromatic N) is 2. The monoisotopic (exact) mass is 388 g/mol. The minimum atomic E-state index is -0.446. The normalized spacial score (nSPS) is 10.1. The quantitative estimate of drug-likeness (QED) is 0.620. The Labute approximate surface area is 160 Å². The van der Waals surface area contributed by atoms with Crippen molar-refractivity contribution in [3.63, 3.8) is 0 Å². The van der Waals surface area contributed by atoms with E-state index in [0.29, 0.717) is 21.2 Å². The van der Waals surface area contributed by atoms with E-state index in [0.717, 1.165) is 28.6 Å². The number of rotatable bonds is 4. The minimum absolute atomic E-state index is 0.0184. The average molecular weight is 389 g/mol. The molecule has 0 bridgehead atoms. The number of hydrazine groups is 1. The molecule has 1 aromatic carbocycles. The van der Waals surface area contributed by atoms with Crippen LogP contribution in [-0.2, 0) is 4.79 Å². The van der Waals surface area contributed by atoms with E-state index in [1.807, 2.05) is 20.8 Å². The summed E-state index contributed by atoms with van der Waals surface area (Å²) in [6.45, 7) is 5.63. The molecule has 0 fully saturated rings. The summed E-state index contributed by atoms with van der Waals surface area (Å²) in [6, 6.07) is 8.42. The van der Waals surface area contributed by atoms with Crippen LogP contribution in [0, 0.1) is 32.1 Å². The fraction of sp³-hybridized carbons (Fsp3) is 0.222. The van der Waals surface area contributed by atoms with Gasteiger partial charge in [0.2, 0.25) is 5.91 Å². The molecule has 2 rings (SSSR count). The van der Waals surface area contributed by atoms with Gasteiger partial charge in [-0.05, 0) is 56.2 Å². The first-order valence-electron chi connectivity index (χ1n) is 7.69. The average Bonchev–Trinajstić information content (AvgIpc) is 2.63. The lowest BCUT2D eigenvalue weighted by atomic mass is 10.1. The van der Waals surface area contributed by atoms with E-state index in [1.165, 1.54) is 0 Å². The van der Waals surface area contributed by atoms with Crippen molar-refractivity contribution in [3.8, 4) is 6.07 Å². The van der Waals surface area contributed by atoms with E-state index in [2.05, 4.69) is 21.9 Å². The summed E-state index contributed by atoms with van der Waals surface area (Å²) in [7, 11) is 0. The number of thioether (sulfide) groups is 1.